The smallest absolute Gasteiger partial charge is 0.356 e. The van der Waals surface area contributed by atoms with Crippen LogP contribution in [0.15, 0.2) is 40.6 Å². The lowest BCUT2D eigenvalue weighted by Crippen LogP contribution is -2.01. The molecule has 0 aromatic carbocycles. The first kappa shape index (κ1) is 7.98. The summed E-state index contributed by atoms with van der Waals surface area (Å²) in [5.41, 5.74) is 2.36. The van der Waals surface area contributed by atoms with E-state index in [1.165, 1.54) is 7.11 Å². The summed E-state index contributed by atoms with van der Waals surface area (Å²) in [6.07, 6.45) is 8.47. The molecular formula is C10H9NO2. The van der Waals surface area contributed by atoms with E-state index in [0.717, 1.165) is 17.7 Å². The first-order chi connectivity index (χ1) is 6.31. The molecule has 0 atom stereocenters. The predicted molar refractivity (Wildman–Crippen MR) is 49.4 cm³/mol. The Morgan fingerprint density at radius 3 is 3.15 bits per heavy atom. The number of hydrogen-bond donors (Lipinski definition) is 0. The Labute approximate surface area is 76.1 Å². The van der Waals surface area contributed by atoms with Gasteiger partial charge in [-0.2, -0.15) is 0 Å². The molecule has 0 unspecified atom stereocenters. The van der Waals surface area contributed by atoms with Crippen molar-refractivity contribution in [3.63, 3.8) is 0 Å². The third-order valence-corrected chi connectivity index (χ3v) is 2.00. The Morgan fingerprint density at radius 2 is 2.46 bits per heavy atom. The number of carbonyl (C=O) groups excluding carboxylic acids is 1. The minimum absolute atomic E-state index is 0.372. The molecule has 2 rings (SSSR count). The van der Waals surface area contributed by atoms with Crippen molar-refractivity contribution in [1.29, 1.82) is 0 Å². The Balaban J connectivity index is 2.30. The molecule has 1 aliphatic heterocycles. The van der Waals surface area contributed by atoms with E-state index in [4.69, 9.17) is 0 Å². The van der Waals surface area contributed by atoms with Crippen molar-refractivity contribution in [2.45, 2.75) is 6.42 Å². The average Bonchev–Trinajstić information content (AvgIpc) is 2.59. The second-order valence-electron chi connectivity index (χ2n) is 2.83. The van der Waals surface area contributed by atoms with Gasteiger partial charge in [0.15, 0.2) is 0 Å². The Bertz CT molecular complexity index is 372. The van der Waals surface area contributed by atoms with Crippen LogP contribution in [0.5, 0.6) is 0 Å². The van der Waals surface area contributed by atoms with Crippen molar-refractivity contribution >= 4 is 11.7 Å². The summed E-state index contributed by atoms with van der Waals surface area (Å²) >= 11 is 0. The van der Waals surface area contributed by atoms with Crippen molar-refractivity contribution in [3.05, 3.63) is 35.6 Å². The van der Waals surface area contributed by atoms with Gasteiger partial charge < -0.3 is 4.74 Å². The van der Waals surface area contributed by atoms with Gasteiger partial charge in [0.1, 0.15) is 5.70 Å². The fraction of sp³-hybridized carbons (Fsp3) is 0.200. The summed E-state index contributed by atoms with van der Waals surface area (Å²) in [5.74, 6) is -0.372. The molecule has 3 nitrogen and oxygen atoms in total. The lowest BCUT2D eigenvalue weighted by atomic mass is 10.0. The van der Waals surface area contributed by atoms with Crippen LogP contribution in [-0.2, 0) is 9.53 Å². The number of ether oxygens (including phenoxy) is 1. The van der Waals surface area contributed by atoms with Crippen molar-refractivity contribution in [2.75, 3.05) is 7.11 Å². The molecule has 0 saturated carbocycles. The molecule has 0 aromatic heterocycles. The monoisotopic (exact) mass is 175 g/mol. The van der Waals surface area contributed by atoms with Gasteiger partial charge >= 0.3 is 5.97 Å². The van der Waals surface area contributed by atoms with Crippen LogP contribution in [0.4, 0.5) is 0 Å². The van der Waals surface area contributed by atoms with Crippen LogP contribution >= 0.6 is 0 Å². The number of nitrogens with zero attached hydrogens (tertiary/aromatic N) is 1. The SMILES string of the molecule is COC(=O)C1=CC2=CC=CCC2=N1. The number of methoxy groups -OCH3 is 1. The van der Waals surface area contributed by atoms with Crippen molar-refractivity contribution in [3.8, 4) is 0 Å². The van der Waals surface area contributed by atoms with Crippen LogP contribution in [0.25, 0.3) is 0 Å². The van der Waals surface area contributed by atoms with Crippen LogP contribution in [0.3, 0.4) is 0 Å². The molecule has 13 heavy (non-hydrogen) atoms. The number of aliphatic imine (C=N–C) groups is 1. The maximum atomic E-state index is 11.1. The third-order valence-electron chi connectivity index (χ3n) is 2.00. The molecule has 2 aliphatic rings. The molecule has 0 radical (unpaired) electrons. The zero-order valence-electron chi connectivity index (χ0n) is 7.28. The number of hydrogen-bond acceptors (Lipinski definition) is 3. The first-order valence-electron chi connectivity index (χ1n) is 4.06. The maximum Gasteiger partial charge on any atom is 0.356 e. The van der Waals surface area contributed by atoms with Crippen molar-refractivity contribution in [1.82, 2.24) is 0 Å². The summed E-state index contributed by atoms with van der Waals surface area (Å²) in [5, 5.41) is 0. The molecule has 0 fully saturated rings. The third kappa shape index (κ3) is 1.33. The fourth-order valence-electron chi connectivity index (χ4n) is 1.34. The van der Waals surface area contributed by atoms with E-state index in [1.807, 2.05) is 18.2 Å². The minimum atomic E-state index is -0.372. The van der Waals surface area contributed by atoms with E-state index in [2.05, 4.69) is 9.73 Å². The van der Waals surface area contributed by atoms with E-state index in [1.54, 1.807) is 6.08 Å². The Hall–Kier alpha value is -1.64. The quantitative estimate of drug-likeness (QED) is 0.565. The molecular weight excluding hydrogens is 166 g/mol. The van der Waals surface area contributed by atoms with Gasteiger partial charge in [0.25, 0.3) is 0 Å². The van der Waals surface area contributed by atoms with E-state index in [0.29, 0.717) is 5.70 Å². The normalized spacial score (nSPS) is 18.7. The molecule has 0 bridgehead atoms. The fourth-order valence-corrected chi connectivity index (χ4v) is 1.34. The second kappa shape index (κ2) is 3.01. The summed E-state index contributed by atoms with van der Waals surface area (Å²) in [6, 6.07) is 0. The van der Waals surface area contributed by atoms with Gasteiger partial charge in [0, 0.05) is 6.42 Å². The van der Waals surface area contributed by atoms with Crippen LogP contribution in [-0.4, -0.2) is 18.8 Å². The largest absolute Gasteiger partial charge is 0.464 e. The van der Waals surface area contributed by atoms with Crippen LogP contribution in [0.1, 0.15) is 6.42 Å². The summed E-state index contributed by atoms with van der Waals surface area (Å²) < 4.78 is 4.58. The highest BCUT2D eigenvalue weighted by molar-refractivity contribution is 6.11. The van der Waals surface area contributed by atoms with Gasteiger partial charge in [0.2, 0.25) is 0 Å². The van der Waals surface area contributed by atoms with E-state index in [9.17, 15) is 4.79 Å². The zero-order valence-corrected chi connectivity index (χ0v) is 7.28. The Kier molecular flexibility index (Phi) is 1.85. The molecule has 0 aromatic rings. The number of allylic oxidation sites excluding steroid dienone is 5. The zero-order chi connectivity index (χ0) is 9.26. The summed E-state index contributed by atoms with van der Waals surface area (Å²) in [6.45, 7) is 0. The minimum Gasteiger partial charge on any atom is -0.464 e. The Morgan fingerprint density at radius 1 is 1.62 bits per heavy atom. The van der Waals surface area contributed by atoms with Crippen molar-refractivity contribution < 1.29 is 9.53 Å². The van der Waals surface area contributed by atoms with Gasteiger partial charge in [-0.25, -0.2) is 9.79 Å². The second-order valence-corrected chi connectivity index (χ2v) is 2.83. The van der Waals surface area contributed by atoms with E-state index in [-0.39, 0.29) is 5.97 Å². The maximum absolute atomic E-state index is 11.1. The lowest BCUT2D eigenvalue weighted by molar-refractivity contribution is -0.136. The van der Waals surface area contributed by atoms with Crippen LogP contribution in [0, 0.1) is 0 Å². The molecule has 0 saturated heterocycles. The van der Waals surface area contributed by atoms with Crippen molar-refractivity contribution in [2.24, 2.45) is 4.99 Å². The molecule has 0 spiro atoms. The van der Waals surface area contributed by atoms with Gasteiger partial charge in [-0.05, 0) is 11.6 Å². The first-order valence-corrected chi connectivity index (χ1v) is 4.06. The van der Waals surface area contributed by atoms with Crippen LogP contribution in [0.2, 0.25) is 0 Å². The topological polar surface area (TPSA) is 38.7 Å². The number of carbonyl (C=O) groups is 1. The van der Waals surface area contributed by atoms with Gasteiger partial charge in [-0.1, -0.05) is 18.2 Å². The molecule has 0 N–H and O–H groups in total. The number of fused-ring (bicyclic) bond motifs is 1. The van der Waals surface area contributed by atoms with E-state index < -0.39 is 0 Å². The summed E-state index contributed by atoms with van der Waals surface area (Å²) in [4.78, 5) is 15.3. The van der Waals surface area contributed by atoms with Gasteiger partial charge in [-0.15, -0.1) is 0 Å². The number of esters is 1. The van der Waals surface area contributed by atoms with Gasteiger partial charge in [-0.3, -0.25) is 0 Å². The molecule has 1 heterocycles. The molecule has 66 valence electrons. The summed E-state index contributed by atoms with van der Waals surface area (Å²) in [7, 11) is 1.36. The van der Waals surface area contributed by atoms with Crippen LogP contribution < -0.4 is 0 Å². The lowest BCUT2D eigenvalue weighted by Gasteiger charge is -2.01. The van der Waals surface area contributed by atoms with E-state index >= 15 is 0 Å². The highest BCUT2D eigenvalue weighted by atomic mass is 16.5. The highest BCUT2D eigenvalue weighted by Gasteiger charge is 2.19. The predicted octanol–water partition coefficient (Wildman–Crippen LogP) is 1.38. The molecule has 0 amide bonds. The molecule has 3 heteroatoms. The highest BCUT2D eigenvalue weighted by Crippen LogP contribution is 2.22. The number of rotatable bonds is 1. The van der Waals surface area contributed by atoms with Gasteiger partial charge in [0.05, 0.1) is 12.8 Å². The average molecular weight is 175 g/mol. The standard InChI is InChI=1S/C10H9NO2/c1-13-10(12)9-6-7-4-2-3-5-8(7)11-9/h2-4,6H,5H2,1H3. The molecule has 1 aliphatic carbocycles.